The number of primary sulfonamides is 1. The van der Waals surface area contributed by atoms with E-state index in [1.807, 2.05) is 6.07 Å². The highest BCUT2D eigenvalue weighted by Gasteiger charge is 2.11. The van der Waals surface area contributed by atoms with Gasteiger partial charge in [-0.2, -0.15) is 5.26 Å². The molecule has 0 aliphatic rings. The van der Waals surface area contributed by atoms with Gasteiger partial charge < -0.3 is 10.1 Å². The van der Waals surface area contributed by atoms with Crippen LogP contribution in [0.5, 0.6) is 5.75 Å². The largest absolute Gasteiger partial charge is 0.497 e. The lowest BCUT2D eigenvalue weighted by molar-refractivity contribution is -0.112. The van der Waals surface area contributed by atoms with Crippen LogP contribution in [-0.2, 0) is 14.8 Å². The van der Waals surface area contributed by atoms with Crippen LogP contribution in [0.25, 0.3) is 6.08 Å². The summed E-state index contributed by atoms with van der Waals surface area (Å²) in [5, 5.41) is 16.7. The first kappa shape index (κ1) is 18.2. The van der Waals surface area contributed by atoms with Gasteiger partial charge in [0.05, 0.1) is 12.0 Å². The molecule has 2 aromatic carbocycles. The lowest BCUT2D eigenvalue weighted by Crippen LogP contribution is -2.14. The number of benzene rings is 2. The first-order chi connectivity index (χ1) is 11.8. The van der Waals surface area contributed by atoms with Gasteiger partial charge >= 0.3 is 0 Å². The normalized spacial score (nSPS) is 11.5. The molecule has 3 N–H and O–H groups in total. The van der Waals surface area contributed by atoms with Gasteiger partial charge in [-0.05, 0) is 48.0 Å². The van der Waals surface area contributed by atoms with E-state index in [4.69, 9.17) is 9.88 Å². The predicted molar refractivity (Wildman–Crippen MR) is 93.0 cm³/mol. The summed E-state index contributed by atoms with van der Waals surface area (Å²) in [6.45, 7) is 0. The number of amides is 1. The van der Waals surface area contributed by atoms with Gasteiger partial charge in [-0.15, -0.1) is 0 Å². The quantitative estimate of drug-likeness (QED) is 0.625. The SMILES string of the molecule is COc1cccc(/C=C(\C#N)C(=O)Nc2ccc(S(N)(=O)=O)cc2)c1. The maximum Gasteiger partial charge on any atom is 0.266 e. The van der Waals surface area contributed by atoms with E-state index < -0.39 is 15.9 Å². The summed E-state index contributed by atoms with van der Waals surface area (Å²) in [7, 11) is -2.28. The smallest absolute Gasteiger partial charge is 0.266 e. The van der Waals surface area contributed by atoms with E-state index in [0.717, 1.165) is 0 Å². The van der Waals surface area contributed by atoms with E-state index in [9.17, 15) is 18.5 Å². The molecule has 0 unspecified atom stereocenters. The fraction of sp³-hybridized carbons (Fsp3) is 0.0588. The molecule has 25 heavy (non-hydrogen) atoms. The Bertz CT molecular complexity index is 958. The summed E-state index contributed by atoms with van der Waals surface area (Å²) in [5.74, 6) is -0.0151. The van der Waals surface area contributed by atoms with Crippen molar-refractivity contribution in [2.45, 2.75) is 4.90 Å². The van der Waals surface area contributed by atoms with Gasteiger partial charge in [-0.25, -0.2) is 13.6 Å². The standard InChI is InChI=1S/C17H15N3O4S/c1-24-15-4-2-3-12(10-15)9-13(11-18)17(21)20-14-5-7-16(8-6-14)25(19,22)23/h2-10H,1H3,(H,20,21)(H2,19,22,23)/b13-9+. The Morgan fingerprint density at radius 1 is 1.24 bits per heavy atom. The Kier molecular flexibility index (Phi) is 5.54. The van der Waals surface area contributed by atoms with Crippen LogP contribution in [0.2, 0.25) is 0 Å². The number of methoxy groups -OCH3 is 1. The van der Waals surface area contributed by atoms with Crippen molar-refractivity contribution >= 4 is 27.7 Å². The van der Waals surface area contributed by atoms with E-state index >= 15 is 0 Å². The molecule has 128 valence electrons. The van der Waals surface area contributed by atoms with Crippen LogP contribution in [0.3, 0.4) is 0 Å². The number of nitrogens with two attached hydrogens (primary N) is 1. The third-order valence-corrected chi connectivity index (χ3v) is 4.14. The molecule has 7 nitrogen and oxygen atoms in total. The Morgan fingerprint density at radius 2 is 1.92 bits per heavy atom. The maximum atomic E-state index is 12.2. The molecule has 0 atom stereocenters. The van der Waals surface area contributed by atoms with Crippen molar-refractivity contribution in [3.05, 3.63) is 59.7 Å². The Balaban J connectivity index is 2.20. The molecular weight excluding hydrogens is 342 g/mol. The minimum Gasteiger partial charge on any atom is -0.497 e. The number of carbonyl (C=O) groups is 1. The monoisotopic (exact) mass is 357 g/mol. The average Bonchev–Trinajstić information content (AvgIpc) is 2.59. The zero-order valence-corrected chi connectivity index (χ0v) is 14.1. The number of nitriles is 1. The summed E-state index contributed by atoms with van der Waals surface area (Å²) < 4.78 is 27.5. The van der Waals surface area contributed by atoms with Crippen molar-refractivity contribution in [2.75, 3.05) is 12.4 Å². The van der Waals surface area contributed by atoms with Gasteiger partial charge in [0.15, 0.2) is 0 Å². The van der Waals surface area contributed by atoms with Gasteiger partial charge in [-0.1, -0.05) is 12.1 Å². The van der Waals surface area contributed by atoms with Crippen molar-refractivity contribution in [3.8, 4) is 11.8 Å². The molecule has 0 radical (unpaired) electrons. The van der Waals surface area contributed by atoms with Crippen LogP contribution in [0.15, 0.2) is 59.0 Å². The third kappa shape index (κ3) is 4.91. The van der Waals surface area contributed by atoms with Crippen molar-refractivity contribution in [3.63, 3.8) is 0 Å². The number of ether oxygens (including phenoxy) is 1. The molecule has 2 aromatic rings. The first-order valence-electron chi connectivity index (χ1n) is 7.03. The summed E-state index contributed by atoms with van der Waals surface area (Å²) in [4.78, 5) is 12.1. The molecule has 8 heteroatoms. The van der Waals surface area contributed by atoms with Crippen LogP contribution in [0, 0.1) is 11.3 Å². The Morgan fingerprint density at radius 3 is 2.48 bits per heavy atom. The number of rotatable bonds is 5. The predicted octanol–water partition coefficient (Wildman–Crippen LogP) is 1.89. The van der Waals surface area contributed by atoms with Crippen LogP contribution in [0.1, 0.15) is 5.56 Å². The molecule has 0 heterocycles. The first-order valence-corrected chi connectivity index (χ1v) is 8.58. The zero-order chi connectivity index (χ0) is 18.4. The van der Waals surface area contributed by atoms with E-state index in [1.54, 1.807) is 24.3 Å². The second-order valence-electron chi connectivity index (χ2n) is 4.97. The minimum atomic E-state index is -3.80. The molecule has 1 amide bonds. The number of nitrogens with zero attached hydrogens (tertiary/aromatic N) is 1. The Labute approximate surface area is 145 Å². The highest BCUT2D eigenvalue weighted by molar-refractivity contribution is 7.89. The maximum absolute atomic E-state index is 12.2. The molecule has 0 saturated carbocycles. The lowest BCUT2D eigenvalue weighted by Gasteiger charge is -2.06. The highest BCUT2D eigenvalue weighted by Crippen LogP contribution is 2.17. The molecule has 0 aliphatic carbocycles. The summed E-state index contributed by atoms with van der Waals surface area (Å²) in [6.07, 6.45) is 1.43. The zero-order valence-electron chi connectivity index (χ0n) is 13.3. The number of hydrogen-bond donors (Lipinski definition) is 2. The lowest BCUT2D eigenvalue weighted by atomic mass is 10.1. The second kappa shape index (κ2) is 7.61. The molecule has 2 rings (SSSR count). The van der Waals surface area contributed by atoms with Crippen LogP contribution in [-0.4, -0.2) is 21.4 Å². The number of anilines is 1. The van der Waals surface area contributed by atoms with Gasteiger partial charge in [0, 0.05) is 5.69 Å². The summed E-state index contributed by atoms with van der Waals surface area (Å²) in [6, 6.07) is 14.0. The van der Waals surface area contributed by atoms with Crippen molar-refractivity contribution in [1.82, 2.24) is 0 Å². The van der Waals surface area contributed by atoms with E-state index in [-0.39, 0.29) is 10.5 Å². The van der Waals surface area contributed by atoms with Gasteiger partial charge in [0.1, 0.15) is 17.4 Å². The topological polar surface area (TPSA) is 122 Å². The van der Waals surface area contributed by atoms with E-state index in [0.29, 0.717) is 17.0 Å². The summed E-state index contributed by atoms with van der Waals surface area (Å²) >= 11 is 0. The van der Waals surface area contributed by atoms with Crippen LogP contribution < -0.4 is 15.2 Å². The van der Waals surface area contributed by atoms with Crippen molar-refractivity contribution in [1.29, 1.82) is 5.26 Å². The molecule has 0 spiro atoms. The van der Waals surface area contributed by atoms with Crippen LogP contribution >= 0.6 is 0 Å². The molecule has 0 fully saturated rings. The van der Waals surface area contributed by atoms with Gasteiger partial charge in [0.2, 0.25) is 10.0 Å². The fourth-order valence-electron chi connectivity index (χ4n) is 1.97. The number of nitrogens with one attached hydrogen (secondary N) is 1. The van der Waals surface area contributed by atoms with Crippen molar-refractivity contribution < 1.29 is 17.9 Å². The van der Waals surface area contributed by atoms with Crippen LogP contribution in [0.4, 0.5) is 5.69 Å². The number of carbonyl (C=O) groups excluding carboxylic acids is 1. The number of hydrogen-bond acceptors (Lipinski definition) is 5. The second-order valence-corrected chi connectivity index (χ2v) is 6.53. The van der Waals surface area contributed by atoms with Gasteiger partial charge in [-0.3, -0.25) is 4.79 Å². The Hall–Kier alpha value is -3.15. The average molecular weight is 357 g/mol. The minimum absolute atomic E-state index is 0.0714. The van der Waals surface area contributed by atoms with E-state index in [1.165, 1.54) is 37.5 Å². The van der Waals surface area contributed by atoms with E-state index in [2.05, 4.69) is 5.32 Å². The highest BCUT2D eigenvalue weighted by atomic mass is 32.2. The molecular formula is C17H15N3O4S. The fourth-order valence-corrected chi connectivity index (χ4v) is 2.49. The molecule has 0 bridgehead atoms. The van der Waals surface area contributed by atoms with Crippen molar-refractivity contribution in [2.24, 2.45) is 5.14 Å². The third-order valence-electron chi connectivity index (χ3n) is 3.21. The molecule has 0 aromatic heterocycles. The van der Waals surface area contributed by atoms with Gasteiger partial charge in [0.25, 0.3) is 5.91 Å². The molecule has 0 saturated heterocycles. The summed E-state index contributed by atoms with van der Waals surface area (Å²) in [5.41, 5.74) is 0.864. The number of sulfonamides is 1. The molecule has 0 aliphatic heterocycles.